The summed E-state index contributed by atoms with van der Waals surface area (Å²) < 4.78 is 0. The molecule has 0 heterocycles. The Morgan fingerprint density at radius 3 is 2.71 bits per heavy atom. The van der Waals surface area contributed by atoms with Crippen LogP contribution in [0.4, 0.5) is 0 Å². The van der Waals surface area contributed by atoms with E-state index < -0.39 is 17.9 Å². The molecule has 0 bridgehead atoms. The zero-order chi connectivity index (χ0) is 17.3. The lowest BCUT2D eigenvalue weighted by molar-refractivity contribution is -0.139. The fourth-order valence-corrected chi connectivity index (χ4v) is 3.08. The fraction of sp³-hybridized carbons (Fsp3) is 0.389. The lowest BCUT2D eigenvalue weighted by atomic mass is 9.85. The number of hydrogen-bond acceptors (Lipinski definition) is 5. The first-order valence-electron chi connectivity index (χ1n) is 8.00. The lowest BCUT2D eigenvalue weighted by Gasteiger charge is -2.21. The van der Waals surface area contributed by atoms with Crippen molar-refractivity contribution in [3.8, 4) is 0 Å². The van der Waals surface area contributed by atoms with Gasteiger partial charge in [0.25, 0.3) is 0 Å². The van der Waals surface area contributed by atoms with E-state index in [2.05, 4.69) is 17.1 Å². The maximum absolute atomic E-state index is 12.0. The van der Waals surface area contributed by atoms with Gasteiger partial charge in [0.2, 0.25) is 0 Å². The molecule has 0 saturated heterocycles. The van der Waals surface area contributed by atoms with Crippen LogP contribution in [0.2, 0.25) is 0 Å². The SMILES string of the molecule is N[C@H](C[C@@H]1CC(=N[C@H]2C[C@@H]2c2ccccc2)C(O)=CC1=O)C(=O)O. The molecule has 0 amide bonds. The summed E-state index contributed by atoms with van der Waals surface area (Å²) in [4.78, 5) is 27.4. The smallest absolute Gasteiger partial charge is 0.320 e. The number of allylic oxidation sites excluding steroid dienone is 2. The van der Waals surface area contributed by atoms with Gasteiger partial charge in [-0.2, -0.15) is 0 Å². The standard InChI is InChI=1S/C18H20N2O4/c19-13(18(23)24)6-11-7-15(17(22)9-16(11)21)20-14-8-12(14)10-4-2-1-3-5-10/h1-5,9,11-14,22H,6-8,19H2,(H,23,24)/t11-,12-,13-,14+/m1/s1. The van der Waals surface area contributed by atoms with Crippen LogP contribution in [0.25, 0.3) is 0 Å². The fourth-order valence-electron chi connectivity index (χ4n) is 3.08. The number of carbonyl (C=O) groups excluding carboxylic acids is 1. The molecule has 4 atom stereocenters. The predicted molar refractivity (Wildman–Crippen MR) is 89.1 cm³/mol. The summed E-state index contributed by atoms with van der Waals surface area (Å²) in [5, 5.41) is 18.9. The van der Waals surface area contributed by atoms with Crippen LogP contribution in [-0.2, 0) is 9.59 Å². The van der Waals surface area contributed by atoms with Gasteiger partial charge in [0.05, 0.1) is 11.8 Å². The van der Waals surface area contributed by atoms with Gasteiger partial charge in [-0.3, -0.25) is 14.6 Å². The van der Waals surface area contributed by atoms with E-state index in [9.17, 15) is 14.7 Å². The third-order valence-corrected chi connectivity index (χ3v) is 4.58. The molecular weight excluding hydrogens is 308 g/mol. The second kappa shape index (κ2) is 6.57. The number of nitrogens with zero attached hydrogens (tertiary/aromatic N) is 1. The molecule has 0 radical (unpaired) electrons. The van der Waals surface area contributed by atoms with Gasteiger partial charge < -0.3 is 15.9 Å². The van der Waals surface area contributed by atoms with E-state index in [1.807, 2.05) is 18.2 Å². The van der Waals surface area contributed by atoms with Gasteiger partial charge in [-0.05, 0) is 18.4 Å². The molecule has 1 fully saturated rings. The highest BCUT2D eigenvalue weighted by Gasteiger charge is 2.39. The molecule has 4 N–H and O–H groups in total. The van der Waals surface area contributed by atoms with Crippen molar-refractivity contribution in [2.45, 2.75) is 37.3 Å². The van der Waals surface area contributed by atoms with Gasteiger partial charge in [0.15, 0.2) is 5.78 Å². The molecule has 2 aliphatic rings. The summed E-state index contributed by atoms with van der Waals surface area (Å²) in [6.45, 7) is 0. The van der Waals surface area contributed by atoms with Gasteiger partial charge in [-0.25, -0.2) is 0 Å². The molecule has 6 heteroatoms. The molecule has 3 rings (SSSR count). The summed E-state index contributed by atoms with van der Waals surface area (Å²) in [5.74, 6) is -1.74. The Morgan fingerprint density at radius 1 is 1.33 bits per heavy atom. The molecule has 6 nitrogen and oxygen atoms in total. The number of carboxylic acid groups (broad SMARTS) is 1. The van der Waals surface area contributed by atoms with Crippen LogP contribution in [0.15, 0.2) is 47.2 Å². The van der Waals surface area contributed by atoms with Gasteiger partial charge in [0.1, 0.15) is 11.8 Å². The number of aliphatic hydroxyl groups is 1. The molecule has 1 aromatic rings. The van der Waals surface area contributed by atoms with E-state index in [4.69, 9.17) is 10.8 Å². The van der Waals surface area contributed by atoms with E-state index >= 15 is 0 Å². The van der Waals surface area contributed by atoms with Crippen molar-refractivity contribution in [1.29, 1.82) is 0 Å². The van der Waals surface area contributed by atoms with E-state index in [-0.39, 0.29) is 30.4 Å². The average Bonchev–Trinajstić information content (AvgIpc) is 3.32. The number of aliphatic hydroxyl groups excluding tert-OH is 1. The average molecular weight is 328 g/mol. The molecule has 2 aliphatic carbocycles. The highest BCUT2D eigenvalue weighted by molar-refractivity contribution is 6.10. The minimum atomic E-state index is -1.13. The second-order valence-corrected chi connectivity index (χ2v) is 6.41. The Labute approximate surface area is 139 Å². The first kappa shape index (κ1) is 16.4. The van der Waals surface area contributed by atoms with Gasteiger partial charge in [-0.1, -0.05) is 30.3 Å². The lowest BCUT2D eigenvalue weighted by Crippen LogP contribution is -2.36. The van der Waals surface area contributed by atoms with Crippen LogP contribution in [0.5, 0.6) is 0 Å². The number of carboxylic acids is 1. The molecule has 126 valence electrons. The van der Waals surface area contributed by atoms with Crippen molar-refractivity contribution in [2.24, 2.45) is 16.6 Å². The number of benzene rings is 1. The third-order valence-electron chi connectivity index (χ3n) is 4.58. The number of aliphatic imine (C=N–C) groups is 1. The zero-order valence-electron chi connectivity index (χ0n) is 13.1. The van der Waals surface area contributed by atoms with Crippen LogP contribution >= 0.6 is 0 Å². The Hall–Kier alpha value is -2.47. The maximum atomic E-state index is 12.0. The van der Waals surface area contributed by atoms with Crippen molar-refractivity contribution in [2.75, 3.05) is 0 Å². The Balaban J connectivity index is 1.70. The van der Waals surface area contributed by atoms with Crippen LogP contribution in [0, 0.1) is 5.92 Å². The quantitative estimate of drug-likeness (QED) is 0.763. The topological polar surface area (TPSA) is 113 Å². The normalized spacial score (nSPS) is 29.2. The monoisotopic (exact) mass is 328 g/mol. The number of carbonyl (C=O) groups is 2. The minimum absolute atomic E-state index is 0.0454. The van der Waals surface area contributed by atoms with Crippen molar-refractivity contribution in [3.05, 3.63) is 47.7 Å². The summed E-state index contributed by atoms with van der Waals surface area (Å²) in [5.41, 5.74) is 7.21. The van der Waals surface area contributed by atoms with Gasteiger partial charge >= 0.3 is 5.97 Å². The van der Waals surface area contributed by atoms with Crippen LogP contribution in [-0.4, -0.2) is 39.8 Å². The van der Waals surface area contributed by atoms with E-state index in [1.54, 1.807) is 0 Å². The van der Waals surface area contributed by atoms with Crippen LogP contribution in [0.3, 0.4) is 0 Å². The molecule has 0 unspecified atom stereocenters. The van der Waals surface area contributed by atoms with E-state index in [1.165, 1.54) is 5.56 Å². The summed E-state index contributed by atoms with van der Waals surface area (Å²) in [6.07, 6.45) is 2.33. The second-order valence-electron chi connectivity index (χ2n) is 6.41. The Morgan fingerprint density at radius 2 is 2.04 bits per heavy atom. The summed E-state index contributed by atoms with van der Waals surface area (Å²) in [7, 11) is 0. The molecule has 0 aliphatic heterocycles. The van der Waals surface area contributed by atoms with Crippen molar-refractivity contribution < 1.29 is 19.8 Å². The molecule has 0 aromatic heterocycles. The third kappa shape index (κ3) is 3.54. The molecule has 24 heavy (non-hydrogen) atoms. The number of aliphatic carboxylic acids is 1. The summed E-state index contributed by atoms with van der Waals surface area (Å²) >= 11 is 0. The number of nitrogens with two attached hydrogens (primary N) is 1. The first-order valence-corrected chi connectivity index (χ1v) is 8.00. The molecule has 1 saturated carbocycles. The predicted octanol–water partition coefficient (Wildman–Crippen LogP) is 1.82. The number of rotatable bonds is 5. The number of hydrogen-bond donors (Lipinski definition) is 3. The highest BCUT2D eigenvalue weighted by Crippen LogP contribution is 2.44. The Bertz CT molecular complexity index is 711. The van der Waals surface area contributed by atoms with Crippen LogP contribution in [0.1, 0.15) is 30.7 Å². The largest absolute Gasteiger partial charge is 0.506 e. The van der Waals surface area contributed by atoms with Crippen molar-refractivity contribution >= 4 is 17.5 Å². The number of ketones is 1. The van der Waals surface area contributed by atoms with Crippen LogP contribution < -0.4 is 5.73 Å². The van der Waals surface area contributed by atoms with E-state index in [0.717, 1.165) is 12.5 Å². The zero-order valence-corrected chi connectivity index (χ0v) is 13.1. The van der Waals surface area contributed by atoms with Gasteiger partial charge in [0, 0.05) is 24.3 Å². The van der Waals surface area contributed by atoms with Crippen molar-refractivity contribution in [1.82, 2.24) is 0 Å². The molecular formula is C18H20N2O4. The molecule has 0 spiro atoms. The maximum Gasteiger partial charge on any atom is 0.320 e. The van der Waals surface area contributed by atoms with Gasteiger partial charge in [-0.15, -0.1) is 0 Å². The Kier molecular flexibility index (Phi) is 4.49. The molecule has 1 aromatic carbocycles. The minimum Gasteiger partial charge on any atom is -0.506 e. The first-order chi connectivity index (χ1) is 11.5. The van der Waals surface area contributed by atoms with Crippen molar-refractivity contribution in [3.63, 3.8) is 0 Å². The van der Waals surface area contributed by atoms with E-state index in [0.29, 0.717) is 11.6 Å². The summed E-state index contributed by atoms with van der Waals surface area (Å²) in [6, 6.07) is 9.05. The highest BCUT2D eigenvalue weighted by atomic mass is 16.4.